The van der Waals surface area contributed by atoms with Gasteiger partial charge in [0, 0.05) is 11.6 Å². The molecular weight excluding hydrogens is 126 g/mol. The van der Waals surface area contributed by atoms with Crippen LogP contribution in [0.1, 0.15) is 33.6 Å². The third-order valence-corrected chi connectivity index (χ3v) is 1.75. The fourth-order valence-corrected chi connectivity index (χ4v) is 1.32. The van der Waals surface area contributed by atoms with Gasteiger partial charge in [-0.15, -0.1) is 0 Å². The van der Waals surface area contributed by atoms with E-state index in [2.05, 4.69) is 26.1 Å². The van der Waals surface area contributed by atoms with E-state index >= 15 is 0 Å². The Kier molecular flexibility index (Phi) is 2.02. The van der Waals surface area contributed by atoms with Gasteiger partial charge < -0.3 is 10.4 Å². The number of aliphatic hydroxyl groups is 1. The zero-order valence-electron chi connectivity index (χ0n) is 7.02. The van der Waals surface area contributed by atoms with Crippen LogP contribution >= 0.6 is 0 Å². The minimum atomic E-state index is -0.0418. The summed E-state index contributed by atoms with van der Waals surface area (Å²) in [5.74, 6) is 0. The van der Waals surface area contributed by atoms with Crippen LogP contribution in [0.5, 0.6) is 0 Å². The Morgan fingerprint density at radius 3 is 2.10 bits per heavy atom. The number of aliphatic hydroxyl groups excluding tert-OH is 1. The smallest absolute Gasteiger partial charge is 0.0570 e. The lowest BCUT2D eigenvalue weighted by atomic mass is 9.87. The Balaban J connectivity index is 2.16. The summed E-state index contributed by atoms with van der Waals surface area (Å²) in [6.07, 6.45) is 1.81. The molecule has 1 aliphatic rings. The summed E-state index contributed by atoms with van der Waals surface area (Å²) in [5.41, 5.74) is 0.199. The monoisotopic (exact) mass is 143 g/mol. The van der Waals surface area contributed by atoms with Gasteiger partial charge in [0.05, 0.1) is 6.10 Å². The van der Waals surface area contributed by atoms with Gasteiger partial charge in [0.1, 0.15) is 0 Å². The van der Waals surface area contributed by atoms with Crippen molar-refractivity contribution >= 4 is 0 Å². The third kappa shape index (κ3) is 2.27. The Bertz CT molecular complexity index is 111. The summed E-state index contributed by atoms with van der Waals surface area (Å²) >= 11 is 0. The van der Waals surface area contributed by atoms with E-state index in [4.69, 9.17) is 5.11 Å². The Morgan fingerprint density at radius 1 is 1.30 bits per heavy atom. The summed E-state index contributed by atoms with van der Waals surface area (Å²) in [7, 11) is 0. The average Bonchev–Trinajstić information content (AvgIpc) is 1.57. The van der Waals surface area contributed by atoms with Crippen molar-refractivity contribution < 1.29 is 5.11 Å². The minimum Gasteiger partial charge on any atom is -0.393 e. The summed E-state index contributed by atoms with van der Waals surface area (Å²) < 4.78 is 0. The molecule has 2 nitrogen and oxygen atoms in total. The zero-order chi connectivity index (χ0) is 7.78. The maximum absolute atomic E-state index is 8.98. The Labute approximate surface area is 62.6 Å². The Hall–Kier alpha value is -0.0800. The molecule has 1 aliphatic carbocycles. The molecule has 0 bridgehead atoms. The predicted octanol–water partition coefficient (Wildman–Crippen LogP) is 0.898. The van der Waals surface area contributed by atoms with E-state index in [9.17, 15) is 0 Å². The molecule has 0 aromatic rings. The molecule has 1 saturated carbocycles. The van der Waals surface area contributed by atoms with Gasteiger partial charge in [-0.3, -0.25) is 0 Å². The minimum absolute atomic E-state index is 0.0418. The first kappa shape index (κ1) is 8.02. The molecule has 2 heteroatoms. The summed E-state index contributed by atoms with van der Waals surface area (Å²) in [5, 5.41) is 12.4. The van der Waals surface area contributed by atoms with Gasteiger partial charge in [-0.1, -0.05) is 0 Å². The molecule has 0 aliphatic heterocycles. The number of hydrogen-bond donors (Lipinski definition) is 2. The second kappa shape index (κ2) is 2.51. The molecule has 2 N–H and O–H groups in total. The lowest BCUT2D eigenvalue weighted by Crippen LogP contribution is -2.51. The highest BCUT2D eigenvalue weighted by Gasteiger charge is 2.29. The van der Waals surface area contributed by atoms with Crippen LogP contribution in [0.25, 0.3) is 0 Å². The lowest BCUT2D eigenvalue weighted by molar-refractivity contribution is 0.0525. The van der Waals surface area contributed by atoms with E-state index in [1.54, 1.807) is 0 Å². The third-order valence-electron chi connectivity index (χ3n) is 1.75. The SMILES string of the molecule is CC(C)(C)N[C@H]1C[C@H](O)C1. The standard InChI is InChI=1S/C8H17NO/c1-8(2,3)9-6-4-7(10)5-6/h6-7,9-10H,4-5H2,1-3H3/t6-,7-. The molecule has 10 heavy (non-hydrogen) atoms. The van der Waals surface area contributed by atoms with Crippen LogP contribution in [0.3, 0.4) is 0 Å². The van der Waals surface area contributed by atoms with Crippen LogP contribution in [0.2, 0.25) is 0 Å². The molecule has 0 spiro atoms. The van der Waals surface area contributed by atoms with Gasteiger partial charge in [0.25, 0.3) is 0 Å². The summed E-state index contributed by atoms with van der Waals surface area (Å²) in [6.45, 7) is 6.45. The maximum atomic E-state index is 8.98. The molecule has 0 aromatic carbocycles. The Morgan fingerprint density at radius 2 is 1.80 bits per heavy atom. The fraction of sp³-hybridized carbons (Fsp3) is 1.00. The van der Waals surface area contributed by atoms with E-state index < -0.39 is 0 Å². The van der Waals surface area contributed by atoms with Crippen LogP contribution in [0.4, 0.5) is 0 Å². The second-order valence-corrected chi connectivity index (χ2v) is 4.22. The molecule has 1 rings (SSSR count). The van der Waals surface area contributed by atoms with Crippen molar-refractivity contribution in [3.8, 4) is 0 Å². The maximum Gasteiger partial charge on any atom is 0.0570 e. The molecule has 60 valence electrons. The molecule has 0 amide bonds. The number of rotatable bonds is 1. The summed E-state index contributed by atoms with van der Waals surface area (Å²) in [4.78, 5) is 0. The average molecular weight is 143 g/mol. The molecule has 0 atom stereocenters. The van der Waals surface area contributed by atoms with Crippen molar-refractivity contribution in [3.63, 3.8) is 0 Å². The number of nitrogens with one attached hydrogen (secondary N) is 1. The van der Waals surface area contributed by atoms with E-state index in [0.29, 0.717) is 6.04 Å². The van der Waals surface area contributed by atoms with E-state index in [1.165, 1.54) is 0 Å². The van der Waals surface area contributed by atoms with E-state index in [-0.39, 0.29) is 11.6 Å². The van der Waals surface area contributed by atoms with E-state index in [0.717, 1.165) is 12.8 Å². The van der Waals surface area contributed by atoms with Crippen LogP contribution in [0.15, 0.2) is 0 Å². The van der Waals surface area contributed by atoms with Crippen LogP contribution in [-0.4, -0.2) is 22.8 Å². The van der Waals surface area contributed by atoms with Crippen LogP contribution in [-0.2, 0) is 0 Å². The van der Waals surface area contributed by atoms with Crippen molar-refractivity contribution in [2.75, 3.05) is 0 Å². The molecule has 0 radical (unpaired) electrons. The first-order valence-electron chi connectivity index (χ1n) is 3.93. The van der Waals surface area contributed by atoms with Crippen molar-refractivity contribution in [3.05, 3.63) is 0 Å². The molecule has 0 saturated heterocycles. The fourth-order valence-electron chi connectivity index (χ4n) is 1.32. The zero-order valence-corrected chi connectivity index (χ0v) is 7.02. The molecule has 0 unspecified atom stereocenters. The second-order valence-electron chi connectivity index (χ2n) is 4.22. The quantitative estimate of drug-likeness (QED) is 0.571. The highest BCUT2D eigenvalue weighted by molar-refractivity contribution is 4.88. The van der Waals surface area contributed by atoms with E-state index in [1.807, 2.05) is 0 Å². The van der Waals surface area contributed by atoms with Gasteiger partial charge in [-0.25, -0.2) is 0 Å². The lowest BCUT2D eigenvalue weighted by Gasteiger charge is -2.37. The van der Waals surface area contributed by atoms with Crippen molar-refractivity contribution in [2.45, 2.75) is 51.3 Å². The van der Waals surface area contributed by atoms with Crippen molar-refractivity contribution in [1.29, 1.82) is 0 Å². The molecule has 1 fully saturated rings. The molecule has 0 heterocycles. The van der Waals surface area contributed by atoms with Crippen LogP contribution < -0.4 is 5.32 Å². The highest BCUT2D eigenvalue weighted by atomic mass is 16.3. The summed E-state index contributed by atoms with van der Waals surface area (Å²) in [6, 6.07) is 0.551. The van der Waals surface area contributed by atoms with Gasteiger partial charge in [0.2, 0.25) is 0 Å². The highest BCUT2D eigenvalue weighted by Crippen LogP contribution is 2.21. The molecular formula is C8H17NO. The normalized spacial score (nSPS) is 33.6. The van der Waals surface area contributed by atoms with Crippen molar-refractivity contribution in [2.24, 2.45) is 0 Å². The van der Waals surface area contributed by atoms with Gasteiger partial charge in [0.15, 0.2) is 0 Å². The topological polar surface area (TPSA) is 32.3 Å². The number of hydrogen-bond acceptors (Lipinski definition) is 2. The first-order chi connectivity index (χ1) is 4.47. The van der Waals surface area contributed by atoms with Crippen LogP contribution in [0, 0.1) is 0 Å². The molecule has 0 aromatic heterocycles. The van der Waals surface area contributed by atoms with Gasteiger partial charge >= 0.3 is 0 Å². The van der Waals surface area contributed by atoms with Gasteiger partial charge in [-0.05, 0) is 33.6 Å². The largest absolute Gasteiger partial charge is 0.393 e. The van der Waals surface area contributed by atoms with Crippen molar-refractivity contribution in [1.82, 2.24) is 5.32 Å². The first-order valence-corrected chi connectivity index (χ1v) is 3.93. The van der Waals surface area contributed by atoms with Gasteiger partial charge in [-0.2, -0.15) is 0 Å². The predicted molar refractivity (Wildman–Crippen MR) is 41.9 cm³/mol.